The van der Waals surface area contributed by atoms with Gasteiger partial charge in [-0.25, -0.2) is 9.59 Å². The molecule has 34 heavy (non-hydrogen) atoms. The molecule has 1 aromatic rings. The molecule has 0 N–H and O–H groups in total. The van der Waals surface area contributed by atoms with Crippen LogP contribution in [0, 0.1) is 11.8 Å². The van der Waals surface area contributed by atoms with Gasteiger partial charge in [-0.15, -0.1) is 0 Å². The summed E-state index contributed by atoms with van der Waals surface area (Å²) in [6.45, 7) is 8.19. The van der Waals surface area contributed by atoms with Crippen molar-refractivity contribution in [2.45, 2.75) is 52.6 Å². The topological polar surface area (TPSA) is 93.2 Å². The van der Waals surface area contributed by atoms with E-state index in [2.05, 4.69) is 0 Å². The van der Waals surface area contributed by atoms with Gasteiger partial charge in [0.15, 0.2) is 0 Å². The first-order chi connectivity index (χ1) is 16.1. The number of hydrogen-bond acceptors (Lipinski definition) is 6. The van der Waals surface area contributed by atoms with E-state index in [0.29, 0.717) is 12.8 Å². The average molecular weight is 473 g/mol. The van der Waals surface area contributed by atoms with Crippen LogP contribution in [-0.2, 0) is 19.1 Å². The van der Waals surface area contributed by atoms with Gasteiger partial charge in [0, 0.05) is 13.1 Å². The fourth-order valence-electron chi connectivity index (χ4n) is 4.11. The maximum atomic E-state index is 13.7. The quantitative estimate of drug-likeness (QED) is 0.426. The number of esters is 2. The van der Waals surface area contributed by atoms with Crippen molar-refractivity contribution >= 4 is 23.8 Å². The van der Waals surface area contributed by atoms with Crippen molar-refractivity contribution in [3.05, 3.63) is 47.5 Å². The molecular formula is C26H36N2O6. The molecule has 1 aliphatic heterocycles. The molecule has 0 bridgehead atoms. The van der Waals surface area contributed by atoms with Gasteiger partial charge in [-0.05, 0) is 36.8 Å². The van der Waals surface area contributed by atoms with E-state index in [1.54, 1.807) is 36.4 Å². The number of hydrogen-bond donors (Lipinski definition) is 0. The largest absolute Gasteiger partial charge is 0.467 e. The Kier molecular flexibility index (Phi) is 9.83. The number of methoxy groups -OCH3 is 2. The number of rotatable bonds is 8. The van der Waals surface area contributed by atoms with Crippen LogP contribution in [0.25, 0.3) is 0 Å². The number of benzene rings is 1. The van der Waals surface area contributed by atoms with E-state index in [-0.39, 0.29) is 36.1 Å². The normalized spacial score (nSPS) is 16.4. The van der Waals surface area contributed by atoms with Crippen LogP contribution < -0.4 is 0 Å². The van der Waals surface area contributed by atoms with Gasteiger partial charge in [-0.1, -0.05) is 52.0 Å². The van der Waals surface area contributed by atoms with Crippen LogP contribution in [0.3, 0.4) is 0 Å². The van der Waals surface area contributed by atoms with Gasteiger partial charge in [-0.2, -0.15) is 0 Å². The average Bonchev–Trinajstić information content (AvgIpc) is 2.81. The number of carbonyl (C=O) groups is 4. The molecule has 0 unspecified atom stereocenters. The molecule has 1 aromatic carbocycles. The molecule has 0 aromatic heterocycles. The first kappa shape index (κ1) is 27.1. The molecule has 0 fully saturated rings. The Morgan fingerprint density at radius 2 is 1.12 bits per heavy atom. The van der Waals surface area contributed by atoms with Crippen LogP contribution in [-0.4, -0.2) is 72.9 Å². The molecule has 8 heteroatoms. The summed E-state index contributed by atoms with van der Waals surface area (Å²) in [5.41, 5.74) is 0.359. The molecule has 0 spiro atoms. The lowest BCUT2D eigenvalue weighted by atomic mass is 9.97. The van der Waals surface area contributed by atoms with Crippen molar-refractivity contribution in [2.24, 2.45) is 11.8 Å². The SMILES string of the molecule is COC(=O)[C@H](CC(C)C)N1CC=CCN([C@@H](CC(C)C)C(=O)OC)C(=O)c2ccccc2C1=O. The van der Waals surface area contributed by atoms with Crippen molar-refractivity contribution in [3.8, 4) is 0 Å². The van der Waals surface area contributed by atoms with Gasteiger partial charge < -0.3 is 19.3 Å². The molecule has 0 saturated carbocycles. The minimum atomic E-state index is -0.787. The number of amides is 2. The van der Waals surface area contributed by atoms with Gasteiger partial charge in [0.2, 0.25) is 0 Å². The third kappa shape index (κ3) is 6.46. The van der Waals surface area contributed by atoms with Crippen molar-refractivity contribution in [1.82, 2.24) is 9.80 Å². The minimum absolute atomic E-state index is 0.139. The van der Waals surface area contributed by atoms with Gasteiger partial charge in [0.1, 0.15) is 12.1 Å². The maximum Gasteiger partial charge on any atom is 0.328 e. The fraction of sp³-hybridized carbons (Fsp3) is 0.538. The highest BCUT2D eigenvalue weighted by Gasteiger charge is 2.36. The summed E-state index contributed by atoms with van der Waals surface area (Å²) >= 11 is 0. The molecule has 2 atom stereocenters. The molecule has 0 aliphatic carbocycles. The van der Waals surface area contributed by atoms with Crippen LogP contribution in [0.1, 0.15) is 61.3 Å². The van der Waals surface area contributed by atoms with Gasteiger partial charge in [-0.3, -0.25) is 9.59 Å². The highest BCUT2D eigenvalue weighted by Crippen LogP contribution is 2.23. The van der Waals surface area contributed by atoms with Crippen molar-refractivity contribution < 1.29 is 28.7 Å². The Hall–Kier alpha value is -3.16. The summed E-state index contributed by atoms with van der Waals surface area (Å²) in [4.78, 5) is 55.5. The zero-order valence-electron chi connectivity index (χ0n) is 20.9. The molecule has 1 aliphatic rings. The zero-order chi connectivity index (χ0) is 25.4. The van der Waals surface area contributed by atoms with Crippen LogP contribution in [0.4, 0.5) is 0 Å². The zero-order valence-corrected chi connectivity index (χ0v) is 20.9. The lowest BCUT2D eigenvalue weighted by Crippen LogP contribution is -2.49. The third-order valence-electron chi connectivity index (χ3n) is 5.77. The molecular weight excluding hydrogens is 436 g/mol. The Bertz CT molecular complexity index is 851. The predicted molar refractivity (Wildman–Crippen MR) is 128 cm³/mol. The summed E-state index contributed by atoms with van der Waals surface area (Å²) < 4.78 is 9.99. The highest BCUT2D eigenvalue weighted by molar-refractivity contribution is 6.08. The molecule has 186 valence electrons. The van der Waals surface area contributed by atoms with E-state index < -0.39 is 35.8 Å². The second-order valence-corrected chi connectivity index (χ2v) is 9.27. The Morgan fingerprint density at radius 3 is 1.41 bits per heavy atom. The number of nitrogens with zero attached hydrogens (tertiary/aromatic N) is 2. The molecule has 2 amide bonds. The van der Waals surface area contributed by atoms with Crippen LogP contribution in [0.15, 0.2) is 36.4 Å². The van der Waals surface area contributed by atoms with Crippen LogP contribution in [0.5, 0.6) is 0 Å². The van der Waals surface area contributed by atoms with E-state index in [1.807, 2.05) is 27.7 Å². The predicted octanol–water partition coefficient (Wildman–Crippen LogP) is 3.32. The highest BCUT2D eigenvalue weighted by atomic mass is 16.5. The molecule has 8 nitrogen and oxygen atoms in total. The summed E-state index contributed by atoms with van der Waals surface area (Å²) in [5, 5.41) is 0. The lowest BCUT2D eigenvalue weighted by Gasteiger charge is -2.34. The molecule has 0 saturated heterocycles. The molecule has 1 heterocycles. The monoisotopic (exact) mass is 472 g/mol. The van der Waals surface area contributed by atoms with E-state index in [1.165, 1.54) is 24.0 Å². The van der Waals surface area contributed by atoms with E-state index in [0.717, 1.165) is 0 Å². The molecule has 0 radical (unpaired) electrons. The summed E-state index contributed by atoms with van der Waals surface area (Å²) in [7, 11) is 2.60. The molecule has 2 rings (SSSR count). The van der Waals surface area contributed by atoms with E-state index in [9.17, 15) is 19.2 Å². The Labute approximate surface area is 201 Å². The number of fused-ring (bicyclic) bond motifs is 1. The van der Waals surface area contributed by atoms with Crippen LogP contribution in [0.2, 0.25) is 0 Å². The van der Waals surface area contributed by atoms with Crippen molar-refractivity contribution in [3.63, 3.8) is 0 Å². The number of carbonyl (C=O) groups excluding carboxylic acids is 4. The standard InChI is InChI=1S/C26H36N2O6/c1-17(2)15-21(25(31)33-5)27-13-9-10-14-28(22(16-18(3)4)26(32)34-6)24(30)20-12-8-7-11-19(20)23(27)29/h7-12,17-18,21-22H,13-16H2,1-6H3/t21-,22-/m0/s1. The first-order valence-corrected chi connectivity index (χ1v) is 11.6. The second-order valence-electron chi connectivity index (χ2n) is 9.27. The third-order valence-corrected chi connectivity index (χ3v) is 5.77. The maximum absolute atomic E-state index is 13.7. The number of ether oxygens (including phenoxy) is 2. The van der Waals surface area contributed by atoms with E-state index in [4.69, 9.17) is 9.47 Å². The van der Waals surface area contributed by atoms with Crippen LogP contribution >= 0.6 is 0 Å². The van der Waals surface area contributed by atoms with Gasteiger partial charge >= 0.3 is 11.9 Å². The lowest BCUT2D eigenvalue weighted by molar-refractivity contribution is -0.147. The van der Waals surface area contributed by atoms with Crippen molar-refractivity contribution in [2.75, 3.05) is 27.3 Å². The smallest absolute Gasteiger partial charge is 0.328 e. The first-order valence-electron chi connectivity index (χ1n) is 11.6. The summed E-state index contributed by atoms with van der Waals surface area (Å²) in [5.74, 6) is -1.60. The van der Waals surface area contributed by atoms with Crippen molar-refractivity contribution in [1.29, 1.82) is 0 Å². The minimum Gasteiger partial charge on any atom is -0.467 e. The van der Waals surface area contributed by atoms with Gasteiger partial charge in [0.05, 0.1) is 25.3 Å². The fourth-order valence-corrected chi connectivity index (χ4v) is 4.11. The van der Waals surface area contributed by atoms with Gasteiger partial charge in [0.25, 0.3) is 11.8 Å². The summed E-state index contributed by atoms with van der Waals surface area (Å²) in [6.07, 6.45) is 4.33. The summed E-state index contributed by atoms with van der Waals surface area (Å²) in [6, 6.07) is 4.93. The Morgan fingerprint density at radius 1 is 0.765 bits per heavy atom. The second kappa shape index (κ2) is 12.3. The Balaban J connectivity index is 2.59. The van der Waals surface area contributed by atoms with E-state index >= 15 is 0 Å².